The van der Waals surface area contributed by atoms with E-state index in [0.29, 0.717) is 36.0 Å². The van der Waals surface area contributed by atoms with E-state index in [4.69, 9.17) is 15.2 Å². The summed E-state index contributed by atoms with van der Waals surface area (Å²) in [5.41, 5.74) is 10.4. The molecule has 2 aromatic heterocycles. The lowest BCUT2D eigenvalue weighted by atomic mass is 10.1. The van der Waals surface area contributed by atoms with Gasteiger partial charge in [-0.15, -0.1) is 5.10 Å². The zero-order chi connectivity index (χ0) is 26.5. The quantitative estimate of drug-likeness (QED) is 0.223. The zero-order valence-corrected chi connectivity index (χ0v) is 20.7. The van der Waals surface area contributed by atoms with Crippen LogP contribution in [0.15, 0.2) is 70.4 Å². The number of nitrogen functional groups attached to an aromatic ring is 1. The predicted octanol–water partition coefficient (Wildman–Crippen LogP) is 3.44. The van der Waals surface area contributed by atoms with Gasteiger partial charge < -0.3 is 15.2 Å². The molecule has 192 valence electrons. The Morgan fingerprint density at radius 3 is 2.76 bits per heavy atom. The number of hydrazone groups is 1. The van der Waals surface area contributed by atoms with Crippen molar-refractivity contribution in [1.82, 2.24) is 30.7 Å². The number of aromatic nitrogens is 5. The number of nitrogens with zero attached hydrogens (tertiary/aromatic N) is 6. The molecule has 3 aromatic carbocycles. The van der Waals surface area contributed by atoms with Gasteiger partial charge in [0, 0.05) is 0 Å². The Morgan fingerprint density at radius 1 is 1.11 bits per heavy atom. The van der Waals surface area contributed by atoms with Gasteiger partial charge >= 0.3 is 0 Å². The smallest absolute Gasteiger partial charge is 0.292 e. The summed E-state index contributed by atoms with van der Waals surface area (Å²) >= 11 is 0. The molecule has 0 bridgehead atoms. The molecule has 0 fully saturated rings. The predicted molar refractivity (Wildman–Crippen MR) is 139 cm³/mol. The first-order valence-corrected chi connectivity index (χ1v) is 11.8. The number of amides is 1. The maximum Gasteiger partial charge on any atom is 0.292 e. The molecule has 38 heavy (non-hydrogen) atoms. The van der Waals surface area contributed by atoms with Gasteiger partial charge in [0.15, 0.2) is 17.2 Å². The molecule has 0 atom stereocenters. The minimum Gasteiger partial charge on any atom is -0.490 e. The number of rotatable bonds is 9. The number of nitrogens with two attached hydrogens (primary N) is 1. The van der Waals surface area contributed by atoms with Gasteiger partial charge in [-0.3, -0.25) is 4.79 Å². The van der Waals surface area contributed by atoms with Crippen LogP contribution in [0.3, 0.4) is 0 Å². The highest BCUT2D eigenvalue weighted by Crippen LogP contribution is 2.30. The van der Waals surface area contributed by atoms with Crippen molar-refractivity contribution >= 4 is 28.7 Å². The van der Waals surface area contributed by atoms with E-state index in [-0.39, 0.29) is 17.3 Å². The van der Waals surface area contributed by atoms with Gasteiger partial charge in [-0.05, 0) is 64.3 Å². The molecule has 12 heteroatoms. The summed E-state index contributed by atoms with van der Waals surface area (Å²) < 4.78 is 17.6. The largest absolute Gasteiger partial charge is 0.490 e. The van der Waals surface area contributed by atoms with Gasteiger partial charge in [0.2, 0.25) is 11.6 Å². The van der Waals surface area contributed by atoms with Crippen molar-refractivity contribution < 1.29 is 18.9 Å². The van der Waals surface area contributed by atoms with Crippen LogP contribution in [0.25, 0.3) is 16.6 Å². The average molecular weight is 513 g/mol. The molecule has 0 aliphatic rings. The summed E-state index contributed by atoms with van der Waals surface area (Å²) in [5.74, 6) is 0.630. The molecule has 0 aliphatic heterocycles. The molecule has 3 N–H and O–H groups in total. The summed E-state index contributed by atoms with van der Waals surface area (Å²) in [7, 11) is 0. The van der Waals surface area contributed by atoms with Gasteiger partial charge in [0.25, 0.3) is 5.91 Å². The van der Waals surface area contributed by atoms with Gasteiger partial charge in [-0.2, -0.15) is 9.78 Å². The van der Waals surface area contributed by atoms with Gasteiger partial charge in [-0.25, -0.2) is 10.1 Å². The Labute approximate surface area is 217 Å². The molecule has 5 aromatic rings. The van der Waals surface area contributed by atoms with Crippen LogP contribution in [0.5, 0.6) is 11.5 Å². The van der Waals surface area contributed by atoms with Crippen LogP contribution in [-0.4, -0.2) is 44.0 Å². The van der Waals surface area contributed by atoms with Crippen LogP contribution in [0, 0.1) is 6.92 Å². The van der Waals surface area contributed by atoms with Crippen molar-refractivity contribution in [2.45, 2.75) is 20.5 Å². The van der Waals surface area contributed by atoms with Crippen molar-refractivity contribution in [2.24, 2.45) is 5.10 Å². The second-order valence-electron chi connectivity index (χ2n) is 8.17. The number of benzene rings is 3. The highest BCUT2D eigenvalue weighted by molar-refractivity contribution is 5.95. The van der Waals surface area contributed by atoms with E-state index in [9.17, 15) is 4.79 Å². The van der Waals surface area contributed by atoms with Crippen molar-refractivity contribution in [3.63, 3.8) is 0 Å². The molecule has 12 nitrogen and oxygen atoms in total. The number of fused-ring (bicyclic) bond motifs is 1. The Kier molecular flexibility index (Phi) is 6.93. The fourth-order valence-corrected chi connectivity index (χ4v) is 3.89. The molecular weight excluding hydrogens is 488 g/mol. The number of hydrogen-bond acceptors (Lipinski definition) is 10. The number of ether oxygens (including phenoxy) is 2. The van der Waals surface area contributed by atoms with Crippen LogP contribution >= 0.6 is 0 Å². The van der Waals surface area contributed by atoms with E-state index in [2.05, 4.69) is 54.0 Å². The summed E-state index contributed by atoms with van der Waals surface area (Å²) in [6.45, 7) is 4.36. The Hall–Kier alpha value is -5.26. The van der Waals surface area contributed by atoms with Gasteiger partial charge in [0.05, 0.1) is 18.5 Å². The number of nitrogens with one attached hydrogen (secondary N) is 1. The van der Waals surface area contributed by atoms with E-state index in [1.165, 1.54) is 6.21 Å². The van der Waals surface area contributed by atoms with Crippen LogP contribution in [0.1, 0.15) is 34.2 Å². The summed E-state index contributed by atoms with van der Waals surface area (Å²) in [4.78, 5) is 12.8. The monoisotopic (exact) mass is 512 g/mol. The standard InChI is InChI=1S/C26H24N8O4/c1-3-36-22-13-17(11-12-21(22)37-15-19-9-6-8-18-7-4-5-10-20(18)19)14-28-30-26(35)23-16(2)29-33-34(23)25-24(27)31-38-32-25/h4-14H,3,15H2,1-2H3,(H2,27,31)(H,30,35)/b28-14-. The van der Waals surface area contributed by atoms with Crippen molar-refractivity contribution in [3.8, 4) is 17.3 Å². The minimum atomic E-state index is -0.564. The number of carbonyl (C=O) groups excluding carboxylic acids is 1. The average Bonchev–Trinajstić information content (AvgIpc) is 3.53. The third-order valence-electron chi connectivity index (χ3n) is 5.66. The van der Waals surface area contributed by atoms with E-state index in [1.807, 2.05) is 43.3 Å². The second-order valence-corrected chi connectivity index (χ2v) is 8.17. The van der Waals surface area contributed by atoms with Crippen molar-refractivity contribution in [2.75, 3.05) is 12.3 Å². The maximum atomic E-state index is 12.8. The Bertz CT molecular complexity index is 1620. The van der Waals surface area contributed by atoms with E-state index in [0.717, 1.165) is 21.0 Å². The molecule has 0 unspecified atom stereocenters. The molecule has 0 spiro atoms. The first kappa shape index (κ1) is 24.4. The molecule has 5 rings (SSSR count). The number of aryl methyl sites for hydroxylation is 1. The number of hydrogen-bond donors (Lipinski definition) is 2. The number of carbonyl (C=O) groups is 1. The molecule has 2 heterocycles. The highest BCUT2D eigenvalue weighted by atomic mass is 16.6. The normalized spacial score (nSPS) is 11.2. The zero-order valence-electron chi connectivity index (χ0n) is 20.7. The minimum absolute atomic E-state index is 0.0290. The summed E-state index contributed by atoms with van der Waals surface area (Å²) in [5, 5.41) is 21.3. The lowest BCUT2D eigenvalue weighted by Gasteiger charge is -2.13. The Balaban J connectivity index is 1.29. The van der Waals surface area contributed by atoms with Crippen LogP contribution in [-0.2, 0) is 6.61 Å². The van der Waals surface area contributed by atoms with Crippen LogP contribution < -0.4 is 20.6 Å². The summed E-state index contributed by atoms with van der Waals surface area (Å²) in [6.07, 6.45) is 1.49. The summed E-state index contributed by atoms with van der Waals surface area (Å²) in [6, 6.07) is 19.7. The molecule has 0 saturated carbocycles. The fourth-order valence-electron chi connectivity index (χ4n) is 3.89. The second kappa shape index (κ2) is 10.8. The molecule has 0 aliphatic carbocycles. The third-order valence-corrected chi connectivity index (χ3v) is 5.66. The van der Waals surface area contributed by atoms with E-state index >= 15 is 0 Å². The first-order chi connectivity index (χ1) is 18.5. The number of anilines is 1. The molecule has 0 saturated heterocycles. The molecule has 0 radical (unpaired) electrons. The van der Waals surface area contributed by atoms with Crippen molar-refractivity contribution in [3.05, 3.63) is 83.2 Å². The highest BCUT2D eigenvalue weighted by Gasteiger charge is 2.22. The van der Waals surface area contributed by atoms with Gasteiger partial charge in [-0.1, -0.05) is 47.7 Å². The van der Waals surface area contributed by atoms with Crippen LogP contribution in [0.4, 0.5) is 5.82 Å². The topological polar surface area (TPSA) is 156 Å². The SMILES string of the molecule is CCOc1cc(/C=N\NC(=O)c2c(C)nnn2-c2nonc2N)ccc1OCc1cccc2ccccc12. The molecular formula is C26H24N8O4. The first-order valence-electron chi connectivity index (χ1n) is 11.8. The van der Waals surface area contributed by atoms with Crippen molar-refractivity contribution in [1.29, 1.82) is 0 Å². The van der Waals surface area contributed by atoms with Crippen LogP contribution in [0.2, 0.25) is 0 Å². The molecule has 1 amide bonds. The van der Waals surface area contributed by atoms with E-state index < -0.39 is 5.91 Å². The lowest BCUT2D eigenvalue weighted by molar-refractivity contribution is 0.0946. The fraction of sp³-hybridized carbons (Fsp3) is 0.154. The van der Waals surface area contributed by atoms with Gasteiger partial charge in [0.1, 0.15) is 6.61 Å². The third kappa shape index (κ3) is 5.00. The van der Waals surface area contributed by atoms with E-state index in [1.54, 1.807) is 13.0 Å². The Morgan fingerprint density at radius 2 is 1.95 bits per heavy atom. The maximum absolute atomic E-state index is 12.8. The lowest BCUT2D eigenvalue weighted by Crippen LogP contribution is -2.22.